The van der Waals surface area contributed by atoms with Crippen LogP contribution in [0.5, 0.6) is 0 Å². The highest BCUT2D eigenvalue weighted by atomic mass is 32.2. The lowest BCUT2D eigenvalue weighted by molar-refractivity contribution is -0.139. The van der Waals surface area contributed by atoms with E-state index in [1.54, 1.807) is 4.72 Å². The smallest absolute Gasteiger partial charge is 0.421 e. The van der Waals surface area contributed by atoms with Crippen molar-refractivity contribution in [2.24, 2.45) is 0 Å². The molecule has 16 heavy (non-hydrogen) atoms. The molecular weight excluding hydrogens is 244 g/mol. The average Bonchev–Trinajstić information content (AvgIpc) is 2.15. The zero-order chi connectivity index (χ0) is 12.8. The Balaban J connectivity index is 4.54. The minimum atomic E-state index is -4.33. The summed E-state index contributed by atoms with van der Waals surface area (Å²) >= 11 is 0. The summed E-state index contributed by atoms with van der Waals surface area (Å²) in [5.74, 6) is -1.47. The van der Waals surface area contributed by atoms with Crippen molar-refractivity contribution < 1.29 is 33.0 Å². The monoisotopic (exact) mass is 256 g/mol. The third kappa shape index (κ3) is 5.48. The Morgan fingerprint density at radius 1 is 1.44 bits per heavy atom. The number of nitrogens with one attached hydrogen (secondary N) is 2. The Kier molecular flexibility index (Phi) is 5.71. The summed E-state index contributed by atoms with van der Waals surface area (Å²) < 4.78 is 29.3. The molecule has 0 rings (SSSR count). The maximum Gasteiger partial charge on any atom is 0.421 e. The van der Waals surface area contributed by atoms with E-state index >= 15 is 0 Å². The molecule has 10 heteroatoms. The lowest BCUT2D eigenvalue weighted by atomic mass is 10.2. The number of amides is 1. The zero-order valence-electron chi connectivity index (χ0n) is 8.34. The van der Waals surface area contributed by atoms with Gasteiger partial charge in [0.15, 0.2) is 0 Å². The van der Waals surface area contributed by atoms with Crippen molar-refractivity contribution in [1.82, 2.24) is 9.44 Å². The van der Waals surface area contributed by atoms with Crippen LogP contribution in [0.25, 0.3) is 0 Å². The fourth-order valence-electron chi connectivity index (χ4n) is 0.730. The van der Waals surface area contributed by atoms with Crippen LogP contribution in [0.3, 0.4) is 0 Å². The van der Waals surface area contributed by atoms with Gasteiger partial charge in [-0.2, -0.15) is 13.1 Å². The van der Waals surface area contributed by atoms with Gasteiger partial charge < -0.3 is 14.9 Å². The molecule has 0 aliphatic rings. The number of rotatable bonds is 6. The van der Waals surface area contributed by atoms with Crippen LogP contribution in [0.1, 0.15) is 6.42 Å². The first kappa shape index (κ1) is 14.6. The summed E-state index contributed by atoms with van der Waals surface area (Å²) in [5.41, 5.74) is 0. The number of hydrogen-bond acceptors (Lipinski definition) is 6. The van der Waals surface area contributed by atoms with E-state index in [2.05, 4.69) is 4.74 Å². The molecule has 0 saturated heterocycles. The summed E-state index contributed by atoms with van der Waals surface area (Å²) in [6.07, 6.45) is -1.57. The van der Waals surface area contributed by atoms with Crippen molar-refractivity contribution in [2.45, 2.75) is 12.5 Å². The number of carboxylic acids is 1. The number of methoxy groups -OCH3 is 1. The molecule has 0 aromatic rings. The van der Waals surface area contributed by atoms with Crippen molar-refractivity contribution in [3.63, 3.8) is 0 Å². The molecule has 1 atom stereocenters. The van der Waals surface area contributed by atoms with E-state index < -0.39 is 34.9 Å². The molecular formula is C6H12N2O7S. The second-order valence-corrected chi connectivity index (χ2v) is 4.06. The normalized spacial score (nSPS) is 12.9. The molecule has 0 radical (unpaired) electrons. The van der Waals surface area contributed by atoms with Crippen LogP contribution in [0.2, 0.25) is 0 Å². The van der Waals surface area contributed by atoms with Crippen molar-refractivity contribution in [3.05, 3.63) is 0 Å². The molecule has 0 spiro atoms. The van der Waals surface area contributed by atoms with Crippen LogP contribution in [-0.2, 0) is 19.7 Å². The second-order valence-electron chi connectivity index (χ2n) is 2.62. The van der Waals surface area contributed by atoms with Crippen molar-refractivity contribution in [1.29, 1.82) is 0 Å². The standard InChI is InChI=1S/C6H12N2O7S/c1-15-6(12)8-16(13,14)7-4(2-3-9)5(10)11/h4,7,9H,2-3H2,1H3,(H,8,12)(H,10,11)/t4-/m1/s1. The van der Waals surface area contributed by atoms with E-state index in [-0.39, 0.29) is 6.42 Å². The van der Waals surface area contributed by atoms with Crippen molar-refractivity contribution >= 4 is 22.3 Å². The summed E-state index contributed by atoms with van der Waals surface area (Å²) in [6.45, 7) is -0.516. The second kappa shape index (κ2) is 6.25. The average molecular weight is 256 g/mol. The molecule has 0 aromatic heterocycles. The number of hydrogen-bond donors (Lipinski definition) is 4. The number of aliphatic hydroxyl groups is 1. The van der Waals surface area contributed by atoms with Gasteiger partial charge in [-0.05, 0) is 6.42 Å². The molecule has 0 aliphatic carbocycles. The van der Waals surface area contributed by atoms with Crippen LogP contribution in [0, 0.1) is 0 Å². The van der Waals surface area contributed by atoms with Gasteiger partial charge in [-0.15, -0.1) is 0 Å². The van der Waals surface area contributed by atoms with E-state index in [9.17, 15) is 18.0 Å². The van der Waals surface area contributed by atoms with Gasteiger partial charge in [0, 0.05) is 6.61 Å². The summed E-state index contributed by atoms with van der Waals surface area (Å²) in [5, 5.41) is 17.1. The molecule has 94 valence electrons. The van der Waals surface area contributed by atoms with Gasteiger partial charge in [0.1, 0.15) is 6.04 Å². The quantitative estimate of drug-likeness (QED) is 0.431. The summed E-state index contributed by atoms with van der Waals surface area (Å²) in [4.78, 5) is 21.1. The molecule has 0 heterocycles. The maximum absolute atomic E-state index is 11.1. The van der Waals surface area contributed by atoms with Gasteiger partial charge >= 0.3 is 22.3 Å². The molecule has 0 bridgehead atoms. The number of ether oxygens (including phenoxy) is 1. The van der Waals surface area contributed by atoms with Gasteiger partial charge in [0.05, 0.1) is 7.11 Å². The SMILES string of the molecule is COC(=O)NS(=O)(=O)N[C@H](CCO)C(=O)O. The fourth-order valence-corrected chi connectivity index (χ4v) is 1.68. The highest BCUT2D eigenvalue weighted by molar-refractivity contribution is 7.88. The molecule has 0 aliphatic heterocycles. The fraction of sp³-hybridized carbons (Fsp3) is 0.667. The van der Waals surface area contributed by atoms with Gasteiger partial charge in [-0.25, -0.2) is 9.52 Å². The largest absolute Gasteiger partial charge is 0.480 e. The Labute approximate surface area is 91.6 Å². The molecule has 9 nitrogen and oxygen atoms in total. The van der Waals surface area contributed by atoms with Crippen molar-refractivity contribution in [2.75, 3.05) is 13.7 Å². The zero-order valence-corrected chi connectivity index (χ0v) is 9.15. The third-order valence-corrected chi connectivity index (χ3v) is 2.45. The third-order valence-electron chi connectivity index (χ3n) is 1.42. The van der Waals surface area contributed by atoms with E-state index in [1.165, 1.54) is 4.72 Å². The molecule has 0 aromatic carbocycles. The number of aliphatic carboxylic acids is 1. The molecule has 4 N–H and O–H groups in total. The Morgan fingerprint density at radius 3 is 2.38 bits per heavy atom. The van der Waals surface area contributed by atoms with E-state index in [0.29, 0.717) is 0 Å². The molecule has 0 fully saturated rings. The lowest BCUT2D eigenvalue weighted by Gasteiger charge is -2.13. The lowest BCUT2D eigenvalue weighted by Crippen LogP contribution is -2.48. The Bertz CT molecular complexity index is 352. The van der Waals surface area contributed by atoms with Gasteiger partial charge in [-0.1, -0.05) is 0 Å². The van der Waals surface area contributed by atoms with Crippen LogP contribution < -0.4 is 9.44 Å². The topological polar surface area (TPSA) is 142 Å². The molecule has 1 amide bonds. The minimum absolute atomic E-state index is 0.322. The van der Waals surface area contributed by atoms with E-state index in [0.717, 1.165) is 7.11 Å². The van der Waals surface area contributed by atoms with Crippen LogP contribution in [0.4, 0.5) is 4.79 Å². The predicted molar refractivity (Wildman–Crippen MR) is 50.7 cm³/mol. The van der Waals surface area contributed by atoms with Gasteiger partial charge in [0.2, 0.25) is 0 Å². The number of carboxylic acid groups (broad SMARTS) is 1. The Morgan fingerprint density at radius 2 is 2.00 bits per heavy atom. The maximum atomic E-state index is 11.1. The Hall–Kier alpha value is -1.39. The van der Waals surface area contributed by atoms with Gasteiger partial charge in [0.25, 0.3) is 0 Å². The van der Waals surface area contributed by atoms with E-state index in [1.807, 2.05) is 0 Å². The number of aliphatic hydroxyl groups excluding tert-OH is 1. The number of carbonyl (C=O) groups is 2. The van der Waals surface area contributed by atoms with Crippen molar-refractivity contribution in [3.8, 4) is 0 Å². The molecule has 0 unspecified atom stereocenters. The summed E-state index contributed by atoms with van der Waals surface area (Å²) in [6, 6.07) is -1.52. The van der Waals surface area contributed by atoms with Crippen LogP contribution >= 0.6 is 0 Å². The summed E-state index contributed by atoms with van der Waals surface area (Å²) in [7, 11) is -3.37. The van der Waals surface area contributed by atoms with Crippen LogP contribution in [-0.4, -0.2) is 50.5 Å². The minimum Gasteiger partial charge on any atom is -0.480 e. The molecule has 0 saturated carbocycles. The van der Waals surface area contributed by atoms with Gasteiger partial charge in [-0.3, -0.25) is 4.79 Å². The first-order valence-corrected chi connectivity index (χ1v) is 5.52. The van der Waals surface area contributed by atoms with Crippen LogP contribution in [0.15, 0.2) is 0 Å². The predicted octanol–water partition coefficient (Wildman–Crippen LogP) is -1.99. The highest BCUT2D eigenvalue weighted by Gasteiger charge is 2.24. The first-order chi connectivity index (χ1) is 7.32. The highest BCUT2D eigenvalue weighted by Crippen LogP contribution is 1.94. The number of carbonyl (C=O) groups excluding carboxylic acids is 1. The first-order valence-electron chi connectivity index (χ1n) is 4.04. The van der Waals surface area contributed by atoms with E-state index in [4.69, 9.17) is 10.2 Å².